The first-order chi connectivity index (χ1) is 10.6. The van der Waals surface area contributed by atoms with Crippen LogP contribution in [0.3, 0.4) is 0 Å². The van der Waals surface area contributed by atoms with Crippen molar-refractivity contribution in [1.29, 1.82) is 0 Å². The van der Waals surface area contributed by atoms with Gasteiger partial charge >= 0.3 is 5.97 Å². The van der Waals surface area contributed by atoms with E-state index in [1.54, 1.807) is 27.7 Å². The van der Waals surface area contributed by atoms with E-state index >= 15 is 0 Å². The number of hydrogen-bond donors (Lipinski definition) is 1. The third kappa shape index (κ3) is 5.42. The Morgan fingerprint density at radius 2 is 1.96 bits per heavy atom. The lowest BCUT2D eigenvalue weighted by atomic mass is 10.1. The highest BCUT2D eigenvalue weighted by molar-refractivity contribution is 9.10. The average Bonchev–Trinajstić information content (AvgIpc) is 2.41. The van der Waals surface area contributed by atoms with Gasteiger partial charge < -0.3 is 9.84 Å². The lowest BCUT2D eigenvalue weighted by Gasteiger charge is -2.13. The van der Waals surface area contributed by atoms with Crippen LogP contribution >= 0.6 is 15.9 Å². The molecule has 0 fully saturated rings. The smallest absolute Gasteiger partial charge is 0.343 e. The molecule has 126 valence electrons. The van der Waals surface area contributed by atoms with Gasteiger partial charge in [0.1, 0.15) is 23.0 Å². The Morgan fingerprint density at radius 1 is 1.35 bits per heavy atom. The molecule has 1 aromatic rings. The average molecular weight is 390 g/mol. The van der Waals surface area contributed by atoms with Crippen LogP contribution in [0.15, 0.2) is 27.2 Å². The number of benzene rings is 1. The highest BCUT2D eigenvalue weighted by Crippen LogP contribution is 2.26. The molecule has 0 amide bonds. The molecule has 0 aromatic heterocycles. The van der Waals surface area contributed by atoms with Crippen molar-refractivity contribution >= 4 is 33.9 Å². The van der Waals surface area contributed by atoms with E-state index in [2.05, 4.69) is 20.9 Å². The molecule has 0 saturated heterocycles. The number of aliphatic imine (C=N–C) groups is 1. The molecule has 1 aromatic carbocycles. The number of rotatable bonds is 4. The summed E-state index contributed by atoms with van der Waals surface area (Å²) in [6.45, 7) is 7.00. The minimum Gasteiger partial charge on any atom is -0.506 e. The maximum atomic E-state index is 14.0. The van der Waals surface area contributed by atoms with Gasteiger partial charge in [0, 0.05) is 6.21 Å². The second kappa shape index (κ2) is 7.68. The fraction of sp³-hybridized carbons (Fsp3) is 0.375. The largest absolute Gasteiger partial charge is 0.506 e. The predicted molar refractivity (Wildman–Crippen MR) is 88.5 cm³/mol. The van der Waals surface area contributed by atoms with Gasteiger partial charge in [-0.2, -0.15) is 0 Å². The Hall–Kier alpha value is -1.76. The second-order valence-electron chi connectivity index (χ2n) is 5.66. The maximum Gasteiger partial charge on any atom is 0.343 e. The lowest BCUT2D eigenvalue weighted by molar-refractivity contribution is -0.137. The zero-order valence-electron chi connectivity index (χ0n) is 13.3. The van der Waals surface area contributed by atoms with Crippen molar-refractivity contribution < 1.29 is 23.4 Å². The first kappa shape index (κ1) is 19.3. The van der Waals surface area contributed by atoms with Gasteiger partial charge in [0.25, 0.3) is 0 Å². The van der Waals surface area contributed by atoms with Gasteiger partial charge in [-0.25, -0.2) is 13.6 Å². The summed E-state index contributed by atoms with van der Waals surface area (Å²) < 4.78 is 32.3. The van der Waals surface area contributed by atoms with Crippen molar-refractivity contribution in [3.8, 4) is 0 Å². The zero-order valence-corrected chi connectivity index (χ0v) is 14.9. The second-order valence-corrected chi connectivity index (χ2v) is 6.51. The molecule has 23 heavy (non-hydrogen) atoms. The summed E-state index contributed by atoms with van der Waals surface area (Å²) in [4.78, 5) is 16.1. The molecule has 1 rings (SSSR count). The van der Waals surface area contributed by atoms with Crippen molar-refractivity contribution in [3.63, 3.8) is 0 Å². The van der Waals surface area contributed by atoms with E-state index < -0.39 is 34.5 Å². The number of aliphatic hydroxyl groups is 1. The van der Waals surface area contributed by atoms with Gasteiger partial charge in [-0.3, -0.25) is 4.99 Å². The van der Waals surface area contributed by atoms with Crippen molar-refractivity contribution in [2.24, 2.45) is 4.99 Å². The van der Waals surface area contributed by atoms with E-state index in [0.29, 0.717) is 0 Å². The van der Waals surface area contributed by atoms with Gasteiger partial charge in [0.2, 0.25) is 0 Å². The molecule has 0 heterocycles. The van der Waals surface area contributed by atoms with E-state index in [1.807, 2.05) is 0 Å². The van der Waals surface area contributed by atoms with Crippen LogP contribution in [0.2, 0.25) is 0 Å². The molecule has 1 N–H and O–H groups in total. The predicted octanol–water partition coefficient (Wildman–Crippen LogP) is 4.43. The Labute approximate surface area is 142 Å². The Bertz CT molecular complexity index is 664. The number of ether oxygens (including phenoxy) is 1. The van der Waals surface area contributed by atoms with Crippen LogP contribution in [0.4, 0.5) is 8.78 Å². The van der Waals surface area contributed by atoms with Crippen molar-refractivity contribution in [1.82, 2.24) is 0 Å². The number of halogens is 3. The Kier molecular flexibility index (Phi) is 6.44. The summed E-state index contributed by atoms with van der Waals surface area (Å²) in [7, 11) is 0. The fourth-order valence-corrected chi connectivity index (χ4v) is 1.84. The van der Waals surface area contributed by atoms with Crippen molar-refractivity contribution in [3.05, 3.63) is 39.4 Å². The van der Waals surface area contributed by atoms with E-state index in [9.17, 15) is 18.7 Å². The molecule has 0 saturated carbocycles. The van der Waals surface area contributed by atoms with Crippen LogP contribution in [-0.4, -0.2) is 29.4 Å². The van der Waals surface area contributed by atoms with E-state index in [4.69, 9.17) is 4.74 Å². The molecule has 0 spiro atoms. The normalized spacial score (nSPS) is 13.2. The van der Waals surface area contributed by atoms with Crippen LogP contribution in [-0.2, 0) is 9.53 Å². The number of nitrogens with zero attached hydrogens (tertiary/aromatic N) is 1. The summed E-state index contributed by atoms with van der Waals surface area (Å²) >= 11 is 2.85. The minimum absolute atomic E-state index is 0.0656. The van der Waals surface area contributed by atoms with Gasteiger partial charge in [-0.15, -0.1) is 0 Å². The molecule has 0 radical (unpaired) electrons. The van der Waals surface area contributed by atoms with E-state index in [1.165, 1.54) is 0 Å². The third-order valence-electron chi connectivity index (χ3n) is 2.60. The molecule has 4 nitrogen and oxygen atoms in total. The summed E-state index contributed by atoms with van der Waals surface area (Å²) in [5.41, 5.74) is -1.32. The minimum atomic E-state index is -0.887. The Balaban J connectivity index is 3.48. The molecule has 0 atom stereocenters. The van der Waals surface area contributed by atoms with Crippen LogP contribution in [0, 0.1) is 11.6 Å². The molecule has 0 aliphatic carbocycles. The standard InChI is InChI=1S/C16H18BrF2NO3/c1-5-23-15(22)10(8-20-16(2,3)4)14(21)9-6-13(19)11(17)7-12(9)18/h6-8,21H,5H2,1-4H3/b14-10-,20-8?. The third-order valence-corrected chi connectivity index (χ3v) is 3.20. The van der Waals surface area contributed by atoms with Crippen LogP contribution in [0.1, 0.15) is 33.3 Å². The maximum absolute atomic E-state index is 14.0. The van der Waals surface area contributed by atoms with E-state index in [-0.39, 0.29) is 16.7 Å². The van der Waals surface area contributed by atoms with Crippen molar-refractivity contribution in [2.45, 2.75) is 33.2 Å². The molecule has 0 unspecified atom stereocenters. The molecule has 0 bridgehead atoms. The number of carbonyl (C=O) groups is 1. The summed E-state index contributed by atoms with van der Waals surface area (Å²) in [6.07, 6.45) is 1.10. The number of hydrogen-bond acceptors (Lipinski definition) is 4. The highest BCUT2D eigenvalue weighted by atomic mass is 79.9. The summed E-state index contributed by atoms with van der Waals surface area (Å²) in [5, 5.41) is 10.2. The SMILES string of the molecule is CCOC(=O)/C(C=NC(C)(C)C)=C(\O)c1cc(F)c(Br)cc1F. The van der Waals surface area contributed by atoms with Gasteiger partial charge in [0.05, 0.1) is 22.2 Å². The van der Waals surface area contributed by atoms with Crippen LogP contribution in [0.25, 0.3) is 5.76 Å². The Morgan fingerprint density at radius 3 is 2.48 bits per heavy atom. The summed E-state index contributed by atoms with van der Waals surface area (Å²) in [5.74, 6) is -3.27. The van der Waals surface area contributed by atoms with Crippen LogP contribution < -0.4 is 0 Å². The molecular formula is C16H18BrF2NO3. The lowest BCUT2D eigenvalue weighted by Crippen LogP contribution is -2.15. The molecule has 0 aliphatic rings. The monoisotopic (exact) mass is 389 g/mol. The first-order valence-corrected chi connectivity index (χ1v) is 7.66. The zero-order chi connectivity index (χ0) is 17.8. The molecule has 7 heteroatoms. The van der Waals surface area contributed by atoms with Gasteiger partial charge in [0.15, 0.2) is 0 Å². The number of aliphatic hydroxyl groups excluding tert-OH is 1. The fourth-order valence-electron chi connectivity index (χ4n) is 1.53. The molecular weight excluding hydrogens is 372 g/mol. The van der Waals surface area contributed by atoms with Crippen molar-refractivity contribution in [2.75, 3.05) is 6.61 Å². The molecule has 0 aliphatic heterocycles. The number of esters is 1. The van der Waals surface area contributed by atoms with E-state index in [0.717, 1.165) is 18.3 Å². The van der Waals surface area contributed by atoms with Gasteiger partial charge in [-0.1, -0.05) is 0 Å². The number of carbonyl (C=O) groups excluding carboxylic acids is 1. The summed E-state index contributed by atoms with van der Waals surface area (Å²) in [6, 6.07) is 1.66. The van der Waals surface area contributed by atoms with Gasteiger partial charge in [-0.05, 0) is 55.8 Å². The first-order valence-electron chi connectivity index (χ1n) is 6.87. The highest BCUT2D eigenvalue weighted by Gasteiger charge is 2.21. The van der Waals surface area contributed by atoms with Crippen LogP contribution in [0.5, 0.6) is 0 Å². The quantitative estimate of drug-likeness (QED) is 0.272. The topological polar surface area (TPSA) is 58.9 Å².